The van der Waals surface area contributed by atoms with Gasteiger partial charge in [0.2, 0.25) is 0 Å². The molecule has 0 atom stereocenters. The summed E-state index contributed by atoms with van der Waals surface area (Å²) in [4.78, 5) is 0. The molecule has 0 saturated carbocycles. The van der Waals surface area contributed by atoms with Gasteiger partial charge in [-0.15, -0.1) is 0 Å². The van der Waals surface area contributed by atoms with Gasteiger partial charge < -0.3 is 9.47 Å². The van der Waals surface area contributed by atoms with Crippen molar-refractivity contribution in [2.75, 3.05) is 25.6 Å². The van der Waals surface area contributed by atoms with E-state index < -0.39 is 0 Å². The monoisotopic (exact) mass is 204 g/mol. The van der Waals surface area contributed by atoms with Gasteiger partial charge in [-0.2, -0.15) is 12.6 Å². The van der Waals surface area contributed by atoms with Crippen LogP contribution in [0.15, 0.2) is 0 Å². The standard InChI is InChI=1S/C10H20O2S/c1-3-10(4-2,8-13)7-12-9-5-11-6-9/h9,13H,3-8H2,1-2H3. The van der Waals surface area contributed by atoms with Gasteiger partial charge in [0.05, 0.1) is 19.8 Å². The highest BCUT2D eigenvalue weighted by Gasteiger charge is 2.28. The van der Waals surface area contributed by atoms with Crippen LogP contribution in [0.25, 0.3) is 0 Å². The number of hydrogen-bond acceptors (Lipinski definition) is 3. The molecule has 1 aliphatic heterocycles. The highest BCUT2D eigenvalue weighted by molar-refractivity contribution is 7.80. The van der Waals surface area contributed by atoms with Crippen molar-refractivity contribution in [1.29, 1.82) is 0 Å². The molecule has 0 bridgehead atoms. The molecule has 13 heavy (non-hydrogen) atoms. The number of thiol groups is 1. The molecule has 1 saturated heterocycles. The van der Waals surface area contributed by atoms with E-state index in [4.69, 9.17) is 9.47 Å². The van der Waals surface area contributed by atoms with Gasteiger partial charge in [0, 0.05) is 5.41 Å². The predicted octanol–water partition coefficient (Wildman–Crippen LogP) is 2.14. The van der Waals surface area contributed by atoms with Gasteiger partial charge in [-0.3, -0.25) is 0 Å². The smallest absolute Gasteiger partial charge is 0.104 e. The molecule has 0 N–H and O–H groups in total. The molecule has 0 aromatic carbocycles. The second kappa shape index (κ2) is 5.23. The molecule has 0 amide bonds. The van der Waals surface area contributed by atoms with E-state index >= 15 is 0 Å². The van der Waals surface area contributed by atoms with Crippen LogP contribution >= 0.6 is 12.6 Å². The first-order valence-corrected chi connectivity index (χ1v) is 5.70. The summed E-state index contributed by atoms with van der Waals surface area (Å²) in [5.41, 5.74) is 0.276. The molecule has 0 aromatic heterocycles. The summed E-state index contributed by atoms with van der Waals surface area (Å²) >= 11 is 4.40. The van der Waals surface area contributed by atoms with E-state index in [1.807, 2.05) is 0 Å². The molecular weight excluding hydrogens is 184 g/mol. The van der Waals surface area contributed by atoms with E-state index in [0.29, 0.717) is 6.10 Å². The van der Waals surface area contributed by atoms with Crippen molar-refractivity contribution in [1.82, 2.24) is 0 Å². The highest BCUT2D eigenvalue weighted by Crippen LogP contribution is 2.29. The summed E-state index contributed by atoms with van der Waals surface area (Å²) in [6.45, 7) is 6.80. The Kier molecular flexibility index (Phi) is 4.56. The maximum atomic E-state index is 5.74. The van der Waals surface area contributed by atoms with Gasteiger partial charge in [0.25, 0.3) is 0 Å². The minimum atomic E-state index is 0.276. The van der Waals surface area contributed by atoms with E-state index in [1.54, 1.807) is 0 Å². The third kappa shape index (κ3) is 2.86. The van der Waals surface area contributed by atoms with E-state index in [0.717, 1.165) is 38.4 Å². The zero-order valence-electron chi connectivity index (χ0n) is 8.58. The lowest BCUT2D eigenvalue weighted by Gasteiger charge is -2.34. The first-order valence-electron chi connectivity index (χ1n) is 5.06. The van der Waals surface area contributed by atoms with E-state index in [-0.39, 0.29) is 5.41 Å². The first kappa shape index (κ1) is 11.3. The van der Waals surface area contributed by atoms with E-state index in [2.05, 4.69) is 26.5 Å². The molecular formula is C10H20O2S. The van der Waals surface area contributed by atoms with Gasteiger partial charge in [-0.05, 0) is 18.6 Å². The second-order valence-electron chi connectivity index (χ2n) is 3.84. The molecule has 3 heteroatoms. The van der Waals surface area contributed by atoms with Crippen molar-refractivity contribution in [2.45, 2.75) is 32.8 Å². The Hall–Kier alpha value is 0.270. The Morgan fingerprint density at radius 1 is 1.38 bits per heavy atom. The fraction of sp³-hybridized carbons (Fsp3) is 1.00. The normalized spacial score (nSPS) is 18.7. The Morgan fingerprint density at radius 2 is 2.00 bits per heavy atom. The molecule has 1 rings (SSSR count). The zero-order chi connectivity index (χ0) is 9.73. The second-order valence-corrected chi connectivity index (χ2v) is 4.15. The molecule has 1 heterocycles. The SMILES string of the molecule is CCC(CC)(CS)COC1COC1. The van der Waals surface area contributed by atoms with Gasteiger partial charge in [-0.1, -0.05) is 13.8 Å². The molecule has 2 nitrogen and oxygen atoms in total. The number of ether oxygens (including phenoxy) is 2. The van der Waals surface area contributed by atoms with Gasteiger partial charge in [0.1, 0.15) is 6.10 Å². The molecule has 0 unspecified atom stereocenters. The fourth-order valence-corrected chi connectivity index (χ4v) is 1.87. The highest BCUT2D eigenvalue weighted by atomic mass is 32.1. The summed E-state index contributed by atoms with van der Waals surface area (Å²) in [5, 5.41) is 0. The van der Waals surface area contributed by atoms with Gasteiger partial charge in [0.15, 0.2) is 0 Å². The molecule has 0 aromatic rings. The third-order valence-electron chi connectivity index (χ3n) is 3.07. The maximum absolute atomic E-state index is 5.74. The van der Waals surface area contributed by atoms with Crippen LogP contribution in [-0.4, -0.2) is 31.7 Å². The number of rotatable bonds is 6. The quantitative estimate of drug-likeness (QED) is 0.668. The van der Waals surface area contributed by atoms with Crippen LogP contribution in [-0.2, 0) is 9.47 Å². The average molecular weight is 204 g/mol. The van der Waals surface area contributed by atoms with E-state index in [1.165, 1.54) is 0 Å². The summed E-state index contributed by atoms with van der Waals surface area (Å²) in [6, 6.07) is 0. The number of hydrogen-bond donors (Lipinski definition) is 1. The van der Waals surface area contributed by atoms with Crippen molar-refractivity contribution in [3.63, 3.8) is 0 Å². The van der Waals surface area contributed by atoms with Crippen LogP contribution in [0.4, 0.5) is 0 Å². The maximum Gasteiger partial charge on any atom is 0.104 e. The van der Waals surface area contributed by atoms with Crippen LogP contribution in [0.1, 0.15) is 26.7 Å². The van der Waals surface area contributed by atoms with Crippen LogP contribution < -0.4 is 0 Å². The van der Waals surface area contributed by atoms with Crippen molar-refractivity contribution in [3.05, 3.63) is 0 Å². The summed E-state index contributed by atoms with van der Waals surface area (Å²) in [5.74, 6) is 0.910. The van der Waals surface area contributed by atoms with Crippen molar-refractivity contribution in [3.8, 4) is 0 Å². The van der Waals surface area contributed by atoms with Crippen molar-refractivity contribution in [2.24, 2.45) is 5.41 Å². The lowest BCUT2D eigenvalue weighted by Crippen LogP contribution is -2.40. The molecule has 0 spiro atoms. The zero-order valence-corrected chi connectivity index (χ0v) is 9.48. The van der Waals surface area contributed by atoms with Crippen LogP contribution in [0.5, 0.6) is 0 Å². The molecule has 1 fully saturated rings. The third-order valence-corrected chi connectivity index (χ3v) is 3.74. The van der Waals surface area contributed by atoms with Crippen molar-refractivity contribution < 1.29 is 9.47 Å². The Morgan fingerprint density at radius 3 is 2.31 bits per heavy atom. The largest absolute Gasteiger partial charge is 0.376 e. The molecule has 1 aliphatic rings. The minimum absolute atomic E-state index is 0.276. The summed E-state index contributed by atoms with van der Waals surface area (Å²) < 4.78 is 10.8. The molecule has 0 aliphatic carbocycles. The van der Waals surface area contributed by atoms with Crippen LogP contribution in [0.3, 0.4) is 0 Å². The topological polar surface area (TPSA) is 18.5 Å². The fourth-order valence-electron chi connectivity index (χ4n) is 1.33. The Bertz CT molecular complexity index is 134. The summed E-state index contributed by atoms with van der Waals surface area (Å²) in [6.07, 6.45) is 2.62. The van der Waals surface area contributed by atoms with E-state index in [9.17, 15) is 0 Å². The lowest BCUT2D eigenvalue weighted by atomic mass is 9.85. The lowest BCUT2D eigenvalue weighted by molar-refractivity contribution is -0.145. The minimum Gasteiger partial charge on any atom is -0.376 e. The van der Waals surface area contributed by atoms with Gasteiger partial charge in [-0.25, -0.2) is 0 Å². The summed E-state index contributed by atoms with van der Waals surface area (Å²) in [7, 11) is 0. The molecule has 0 radical (unpaired) electrons. The van der Waals surface area contributed by atoms with Crippen LogP contribution in [0.2, 0.25) is 0 Å². The van der Waals surface area contributed by atoms with Crippen LogP contribution in [0, 0.1) is 5.41 Å². The predicted molar refractivity (Wildman–Crippen MR) is 57.4 cm³/mol. The van der Waals surface area contributed by atoms with Gasteiger partial charge >= 0.3 is 0 Å². The first-order chi connectivity index (χ1) is 6.26. The Balaban J connectivity index is 2.27. The average Bonchev–Trinajstić information content (AvgIpc) is 2.11. The Labute approximate surface area is 86.4 Å². The molecule has 78 valence electrons. The van der Waals surface area contributed by atoms with Crippen molar-refractivity contribution >= 4 is 12.6 Å².